The maximum absolute atomic E-state index is 12.4. The Labute approximate surface area is 177 Å². The van der Waals surface area contributed by atoms with E-state index in [1.807, 2.05) is 0 Å². The van der Waals surface area contributed by atoms with E-state index in [1.54, 1.807) is 53.4 Å². The molecule has 160 valence electrons. The van der Waals surface area contributed by atoms with Crippen molar-refractivity contribution in [3.05, 3.63) is 64.6 Å². The minimum atomic E-state index is -1.19. The van der Waals surface area contributed by atoms with E-state index in [4.69, 9.17) is 4.74 Å². The van der Waals surface area contributed by atoms with Gasteiger partial charge in [0.05, 0.1) is 47.9 Å². The van der Waals surface area contributed by atoms with E-state index in [0.29, 0.717) is 35.7 Å². The number of aliphatic hydroxyl groups excluding tert-OH is 1. The second-order valence-corrected chi connectivity index (χ2v) is 7.20. The summed E-state index contributed by atoms with van der Waals surface area (Å²) in [7, 11) is 0. The molecular weight excluding hydrogens is 404 g/mol. The number of rotatable bonds is 7. The summed E-state index contributed by atoms with van der Waals surface area (Å²) in [6, 6.07) is 13.0. The van der Waals surface area contributed by atoms with E-state index in [-0.39, 0.29) is 25.6 Å². The van der Waals surface area contributed by atoms with Crippen LogP contribution >= 0.6 is 0 Å². The summed E-state index contributed by atoms with van der Waals surface area (Å²) < 4.78 is 5.11. The highest BCUT2D eigenvalue weighted by Crippen LogP contribution is 2.24. The summed E-state index contributed by atoms with van der Waals surface area (Å²) in [5.41, 5.74) is 1.65. The molecule has 4 rings (SSSR count). The van der Waals surface area contributed by atoms with E-state index in [1.165, 1.54) is 0 Å². The molecule has 10 heteroatoms. The van der Waals surface area contributed by atoms with Gasteiger partial charge in [0, 0.05) is 12.2 Å². The summed E-state index contributed by atoms with van der Waals surface area (Å²) in [5, 5.41) is 14.4. The van der Waals surface area contributed by atoms with Gasteiger partial charge in [0.15, 0.2) is 0 Å². The minimum absolute atomic E-state index is 0.0216. The SMILES string of the molecule is O=NN(C[C@H](O)CN1C(=O)c2ccccc2C1=O)c1ccc(N2CCOCC2=O)cc1. The monoisotopic (exact) mass is 424 g/mol. The van der Waals surface area contributed by atoms with Crippen LogP contribution in [0.25, 0.3) is 0 Å². The van der Waals surface area contributed by atoms with Gasteiger partial charge in [-0.3, -0.25) is 19.3 Å². The molecule has 2 aromatic carbocycles. The zero-order valence-corrected chi connectivity index (χ0v) is 16.5. The van der Waals surface area contributed by atoms with Crippen LogP contribution in [0.3, 0.4) is 0 Å². The van der Waals surface area contributed by atoms with E-state index < -0.39 is 17.9 Å². The Morgan fingerprint density at radius 1 is 1.03 bits per heavy atom. The topological polar surface area (TPSA) is 120 Å². The molecule has 2 aromatic rings. The Bertz CT molecular complexity index is 990. The van der Waals surface area contributed by atoms with Gasteiger partial charge in [-0.2, -0.15) is 0 Å². The number of β-amino-alcohol motifs (C(OH)–C–C–N with tert-alkyl or cyclic N) is 1. The number of carbonyl (C=O) groups is 3. The number of imide groups is 1. The molecule has 0 radical (unpaired) electrons. The number of nitroso groups, excluding NO2 is 1. The number of morpholine rings is 1. The fourth-order valence-corrected chi connectivity index (χ4v) is 3.65. The fourth-order valence-electron chi connectivity index (χ4n) is 3.65. The van der Waals surface area contributed by atoms with Crippen molar-refractivity contribution in [1.82, 2.24) is 4.90 Å². The molecule has 10 nitrogen and oxygen atoms in total. The third kappa shape index (κ3) is 4.03. The molecule has 2 aliphatic heterocycles. The Kier molecular flexibility index (Phi) is 5.74. The number of carbonyl (C=O) groups excluding carboxylic acids is 3. The van der Waals surface area contributed by atoms with Crippen molar-refractivity contribution in [2.75, 3.05) is 42.8 Å². The number of benzene rings is 2. The minimum Gasteiger partial charge on any atom is -0.389 e. The molecule has 0 aliphatic carbocycles. The molecule has 1 atom stereocenters. The summed E-state index contributed by atoms with van der Waals surface area (Å²) in [6.45, 7) is 0.422. The predicted octanol–water partition coefficient (Wildman–Crippen LogP) is 1.19. The predicted molar refractivity (Wildman–Crippen MR) is 111 cm³/mol. The number of anilines is 2. The van der Waals surface area contributed by atoms with Crippen LogP contribution < -0.4 is 9.91 Å². The van der Waals surface area contributed by atoms with Crippen LogP contribution in [0.1, 0.15) is 20.7 Å². The van der Waals surface area contributed by atoms with Crippen LogP contribution in [0.15, 0.2) is 53.8 Å². The lowest BCUT2D eigenvalue weighted by atomic mass is 10.1. The lowest BCUT2D eigenvalue weighted by Gasteiger charge is -2.27. The van der Waals surface area contributed by atoms with Crippen molar-refractivity contribution in [2.24, 2.45) is 5.29 Å². The number of ether oxygens (including phenoxy) is 1. The Hall–Kier alpha value is -3.63. The lowest BCUT2D eigenvalue weighted by molar-refractivity contribution is -0.125. The highest BCUT2D eigenvalue weighted by Gasteiger charge is 2.36. The number of hydrogen-bond acceptors (Lipinski definition) is 7. The average Bonchev–Trinajstić information content (AvgIpc) is 3.03. The highest BCUT2D eigenvalue weighted by molar-refractivity contribution is 6.21. The number of nitrogens with zero attached hydrogens (tertiary/aromatic N) is 4. The molecule has 1 N–H and O–H groups in total. The van der Waals surface area contributed by atoms with Gasteiger partial charge in [0.25, 0.3) is 17.7 Å². The van der Waals surface area contributed by atoms with Crippen LogP contribution in [0, 0.1) is 4.91 Å². The fraction of sp³-hybridized carbons (Fsp3) is 0.286. The summed E-state index contributed by atoms with van der Waals surface area (Å²) in [4.78, 5) is 50.7. The zero-order chi connectivity index (χ0) is 22.0. The molecule has 3 amide bonds. The first kappa shape index (κ1) is 20.6. The maximum Gasteiger partial charge on any atom is 0.261 e. The molecule has 2 heterocycles. The van der Waals surface area contributed by atoms with Gasteiger partial charge in [0.2, 0.25) is 0 Å². The van der Waals surface area contributed by atoms with Gasteiger partial charge < -0.3 is 14.7 Å². The molecule has 0 bridgehead atoms. The largest absolute Gasteiger partial charge is 0.389 e. The van der Waals surface area contributed by atoms with Gasteiger partial charge in [-0.05, 0) is 36.4 Å². The first-order valence-corrected chi connectivity index (χ1v) is 9.72. The number of aliphatic hydroxyl groups is 1. The zero-order valence-electron chi connectivity index (χ0n) is 16.5. The average molecular weight is 424 g/mol. The first-order valence-electron chi connectivity index (χ1n) is 9.72. The van der Waals surface area contributed by atoms with Gasteiger partial charge in [0.1, 0.15) is 6.61 Å². The smallest absolute Gasteiger partial charge is 0.261 e. The summed E-state index contributed by atoms with van der Waals surface area (Å²) in [6.07, 6.45) is -1.19. The quantitative estimate of drug-likeness (QED) is 0.403. The van der Waals surface area contributed by atoms with Gasteiger partial charge in [-0.25, -0.2) is 5.01 Å². The maximum atomic E-state index is 12.4. The third-order valence-electron chi connectivity index (χ3n) is 5.20. The third-order valence-corrected chi connectivity index (χ3v) is 5.20. The Morgan fingerprint density at radius 2 is 1.68 bits per heavy atom. The molecule has 0 aromatic heterocycles. The molecule has 1 fully saturated rings. The molecular formula is C21H20N4O6. The van der Waals surface area contributed by atoms with Gasteiger partial charge in [-0.1, -0.05) is 12.1 Å². The molecule has 1 saturated heterocycles. The van der Waals surface area contributed by atoms with Gasteiger partial charge in [-0.15, -0.1) is 4.91 Å². The van der Waals surface area contributed by atoms with Crippen LogP contribution in [0.2, 0.25) is 0 Å². The van der Waals surface area contributed by atoms with Crippen LogP contribution in [-0.2, 0) is 9.53 Å². The number of hydrogen-bond donors (Lipinski definition) is 1. The second kappa shape index (κ2) is 8.62. The van der Waals surface area contributed by atoms with E-state index in [9.17, 15) is 24.4 Å². The molecule has 2 aliphatic rings. The van der Waals surface area contributed by atoms with E-state index in [2.05, 4.69) is 5.29 Å². The van der Waals surface area contributed by atoms with Crippen LogP contribution in [0.4, 0.5) is 11.4 Å². The lowest BCUT2D eigenvalue weighted by Crippen LogP contribution is -2.42. The van der Waals surface area contributed by atoms with Crippen molar-refractivity contribution in [2.45, 2.75) is 6.10 Å². The molecule has 0 spiro atoms. The summed E-state index contributed by atoms with van der Waals surface area (Å²) in [5.74, 6) is -1.12. The van der Waals surface area contributed by atoms with Crippen molar-refractivity contribution < 1.29 is 24.2 Å². The van der Waals surface area contributed by atoms with Crippen LogP contribution in [0.5, 0.6) is 0 Å². The van der Waals surface area contributed by atoms with Crippen molar-refractivity contribution in [3.8, 4) is 0 Å². The first-order chi connectivity index (χ1) is 15.0. The Morgan fingerprint density at radius 3 is 2.26 bits per heavy atom. The molecule has 31 heavy (non-hydrogen) atoms. The van der Waals surface area contributed by atoms with Gasteiger partial charge >= 0.3 is 0 Å². The standard InChI is InChI=1S/C21H20N4O6/c26-16(11-24-20(28)17-3-1-2-4-18(17)21(24)29)12-25(22-30)15-7-5-14(6-8-15)23-9-10-31-13-19(23)27/h1-8,16,26H,9-13H2/t16-/m1/s1. The normalized spacial score (nSPS) is 17.0. The number of fused-ring (bicyclic) bond motifs is 1. The number of amides is 3. The summed E-state index contributed by atoms with van der Waals surface area (Å²) >= 11 is 0. The van der Waals surface area contributed by atoms with Crippen molar-refractivity contribution in [3.63, 3.8) is 0 Å². The van der Waals surface area contributed by atoms with Crippen molar-refractivity contribution in [1.29, 1.82) is 0 Å². The van der Waals surface area contributed by atoms with Crippen LogP contribution in [-0.4, -0.2) is 66.7 Å². The molecule has 0 saturated carbocycles. The highest BCUT2D eigenvalue weighted by atomic mass is 16.5. The van der Waals surface area contributed by atoms with Crippen molar-refractivity contribution >= 4 is 29.1 Å². The van der Waals surface area contributed by atoms with E-state index >= 15 is 0 Å². The second-order valence-electron chi connectivity index (χ2n) is 7.20. The Balaban J connectivity index is 1.41. The van der Waals surface area contributed by atoms with E-state index in [0.717, 1.165) is 9.91 Å². The molecule has 0 unspecified atom stereocenters.